The van der Waals surface area contributed by atoms with Crippen LogP contribution in [0.2, 0.25) is 0 Å². The largest absolute Gasteiger partial charge is 0.496 e. The van der Waals surface area contributed by atoms with Gasteiger partial charge in [0.25, 0.3) is 11.6 Å². The molecule has 0 radical (unpaired) electrons. The number of fused-ring (bicyclic) bond motifs is 3. The number of ether oxygens (including phenoxy) is 2. The molecule has 1 heterocycles. The Hall–Kier alpha value is -5.16. The molecule has 0 aromatic heterocycles. The molecule has 1 atom stereocenters. The van der Waals surface area contributed by atoms with Crippen LogP contribution in [0, 0.1) is 21.4 Å². The number of amides is 1. The van der Waals surface area contributed by atoms with Crippen LogP contribution in [0.25, 0.3) is 10.8 Å². The van der Waals surface area contributed by atoms with Crippen LogP contribution < -0.4 is 14.8 Å². The summed E-state index contributed by atoms with van der Waals surface area (Å²) in [6.45, 7) is 0. The highest BCUT2D eigenvalue weighted by molar-refractivity contribution is 5.98. The van der Waals surface area contributed by atoms with Crippen molar-refractivity contribution in [2.24, 2.45) is 0 Å². The van der Waals surface area contributed by atoms with Gasteiger partial charge >= 0.3 is 0 Å². The SMILES string of the molecule is COc1ccccc1C(=O)NC1=C(C#N)[C@@H](c2cccc([N+](=O)[O-])c2)c2c(ccc3ccccc23)O1. The Balaban J connectivity index is 1.70. The van der Waals surface area contributed by atoms with E-state index in [2.05, 4.69) is 11.4 Å². The van der Waals surface area contributed by atoms with Gasteiger partial charge in [0, 0.05) is 17.7 Å². The Morgan fingerprint density at radius 2 is 1.83 bits per heavy atom. The van der Waals surface area contributed by atoms with Crippen molar-refractivity contribution in [1.82, 2.24) is 5.32 Å². The monoisotopic (exact) mass is 477 g/mol. The van der Waals surface area contributed by atoms with Gasteiger partial charge in [-0.1, -0.05) is 54.6 Å². The van der Waals surface area contributed by atoms with Crippen LogP contribution in [0.4, 0.5) is 5.69 Å². The normalized spacial score (nSPS) is 14.4. The second-order valence-corrected chi connectivity index (χ2v) is 8.09. The number of nitrogens with zero attached hydrogens (tertiary/aromatic N) is 2. The van der Waals surface area contributed by atoms with E-state index in [1.807, 2.05) is 30.3 Å². The number of hydrogen-bond donors (Lipinski definition) is 1. The molecular weight excluding hydrogens is 458 g/mol. The molecule has 0 fully saturated rings. The molecule has 0 saturated heterocycles. The van der Waals surface area contributed by atoms with Crippen molar-refractivity contribution in [3.8, 4) is 17.6 Å². The lowest BCUT2D eigenvalue weighted by molar-refractivity contribution is -0.384. The topological polar surface area (TPSA) is 114 Å². The number of nitro benzene ring substituents is 1. The van der Waals surface area contributed by atoms with E-state index in [4.69, 9.17) is 9.47 Å². The Bertz CT molecular complexity index is 1600. The summed E-state index contributed by atoms with van der Waals surface area (Å²) in [4.78, 5) is 24.2. The summed E-state index contributed by atoms with van der Waals surface area (Å²) in [7, 11) is 1.46. The van der Waals surface area contributed by atoms with Crippen LogP contribution in [-0.4, -0.2) is 17.9 Å². The summed E-state index contributed by atoms with van der Waals surface area (Å²) < 4.78 is 11.4. The second-order valence-electron chi connectivity index (χ2n) is 8.09. The first kappa shape index (κ1) is 22.6. The summed E-state index contributed by atoms with van der Waals surface area (Å²) in [6, 6.07) is 26.3. The van der Waals surface area contributed by atoms with Gasteiger partial charge in [-0.15, -0.1) is 0 Å². The van der Waals surface area contributed by atoms with Crippen LogP contribution in [0.3, 0.4) is 0 Å². The van der Waals surface area contributed by atoms with Crippen molar-refractivity contribution in [2.75, 3.05) is 7.11 Å². The maximum Gasteiger partial charge on any atom is 0.269 e. The zero-order valence-corrected chi connectivity index (χ0v) is 19.1. The Morgan fingerprint density at radius 1 is 1.06 bits per heavy atom. The summed E-state index contributed by atoms with van der Waals surface area (Å²) in [6.07, 6.45) is 0. The van der Waals surface area contributed by atoms with Crippen LogP contribution in [-0.2, 0) is 0 Å². The number of benzene rings is 4. The quantitative estimate of drug-likeness (QED) is 0.302. The molecular formula is C28H19N3O5. The van der Waals surface area contributed by atoms with Crippen molar-refractivity contribution in [3.63, 3.8) is 0 Å². The van der Waals surface area contributed by atoms with Crippen molar-refractivity contribution in [3.05, 3.63) is 123 Å². The van der Waals surface area contributed by atoms with E-state index in [9.17, 15) is 20.2 Å². The fourth-order valence-corrected chi connectivity index (χ4v) is 4.46. The summed E-state index contributed by atoms with van der Waals surface area (Å²) in [5, 5.41) is 26.2. The number of rotatable bonds is 5. The number of nitro groups is 1. The minimum absolute atomic E-state index is 0.0345. The summed E-state index contributed by atoms with van der Waals surface area (Å²) in [5.74, 6) is -0.450. The number of para-hydroxylation sites is 1. The zero-order chi connectivity index (χ0) is 25.2. The molecule has 1 amide bonds. The molecule has 0 spiro atoms. The van der Waals surface area contributed by atoms with Gasteiger partial charge in [0.1, 0.15) is 23.1 Å². The highest BCUT2D eigenvalue weighted by Crippen LogP contribution is 2.46. The fraction of sp³-hybridized carbons (Fsp3) is 0.0714. The zero-order valence-electron chi connectivity index (χ0n) is 19.1. The van der Waals surface area contributed by atoms with E-state index >= 15 is 0 Å². The van der Waals surface area contributed by atoms with E-state index in [1.54, 1.807) is 42.5 Å². The number of non-ortho nitro benzene ring substituents is 1. The summed E-state index contributed by atoms with van der Waals surface area (Å²) in [5.41, 5.74) is 1.52. The molecule has 0 aliphatic carbocycles. The lowest BCUT2D eigenvalue weighted by atomic mass is 9.81. The molecule has 1 N–H and O–H groups in total. The van der Waals surface area contributed by atoms with Gasteiger partial charge in [-0.05, 0) is 34.5 Å². The average molecular weight is 477 g/mol. The van der Waals surface area contributed by atoms with E-state index in [0.29, 0.717) is 22.6 Å². The number of methoxy groups -OCH3 is 1. The first-order valence-corrected chi connectivity index (χ1v) is 11.0. The number of allylic oxidation sites excluding steroid dienone is 1. The molecule has 0 saturated carbocycles. The fourth-order valence-electron chi connectivity index (χ4n) is 4.46. The third-order valence-electron chi connectivity index (χ3n) is 6.08. The van der Waals surface area contributed by atoms with Crippen LogP contribution in [0.1, 0.15) is 27.4 Å². The van der Waals surface area contributed by atoms with Crippen molar-refractivity contribution < 1.29 is 19.2 Å². The van der Waals surface area contributed by atoms with Gasteiger partial charge in [0.2, 0.25) is 5.88 Å². The Kier molecular flexibility index (Phi) is 5.80. The third-order valence-corrected chi connectivity index (χ3v) is 6.08. The van der Waals surface area contributed by atoms with E-state index < -0.39 is 16.7 Å². The van der Waals surface area contributed by atoms with Crippen molar-refractivity contribution in [1.29, 1.82) is 5.26 Å². The lowest BCUT2D eigenvalue weighted by Gasteiger charge is -2.29. The van der Waals surface area contributed by atoms with Crippen molar-refractivity contribution >= 4 is 22.4 Å². The summed E-state index contributed by atoms with van der Waals surface area (Å²) >= 11 is 0. The highest BCUT2D eigenvalue weighted by atomic mass is 16.6. The number of nitrogens with one attached hydrogen (secondary N) is 1. The van der Waals surface area contributed by atoms with Crippen LogP contribution in [0.15, 0.2) is 96.4 Å². The molecule has 36 heavy (non-hydrogen) atoms. The predicted molar refractivity (Wildman–Crippen MR) is 133 cm³/mol. The Labute approximate surface area is 206 Å². The molecule has 1 aliphatic rings. The maximum absolute atomic E-state index is 13.2. The molecule has 0 unspecified atom stereocenters. The Morgan fingerprint density at radius 3 is 2.61 bits per heavy atom. The predicted octanol–water partition coefficient (Wildman–Crippen LogP) is 5.45. The molecule has 176 valence electrons. The van der Waals surface area contributed by atoms with Gasteiger partial charge in [-0.3, -0.25) is 20.2 Å². The molecule has 4 aromatic rings. The lowest BCUT2D eigenvalue weighted by Crippen LogP contribution is -2.31. The molecule has 8 heteroatoms. The second kappa shape index (κ2) is 9.24. The van der Waals surface area contributed by atoms with Crippen LogP contribution >= 0.6 is 0 Å². The van der Waals surface area contributed by atoms with Gasteiger partial charge in [-0.2, -0.15) is 5.26 Å². The standard InChI is InChI=1S/C28H19N3O5/c1-35-23-12-5-4-11-21(23)27(32)30-28-22(16-29)25(18-8-6-9-19(15-18)31(33)34)26-20-10-3-2-7-17(20)13-14-24(26)36-28/h2-15,25H,1H3,(H,30,32)/t25-/m1/s1. The van der Waals surface area contributed by atoms with E-state index in [0.717, 1.165) is 10.8 Å². The number of carbonyl (C=O) groups excluding carboxylic acids is 1. The van der Waals surface area contributed by atoms with Crippen molar-refractivity contribution in [2.45, 2.75) is 5.92 Å². The minimum atomic E-state index is -0.710. The number of carbonyl (C=O) groups is 1. The van der Waals surface area contributed by atoms with Gasteiger partial charge < -0.3 is 9.47 Å². The smallest absolute Gasteiger partial charge is 0.269 e. The molecule has 5 rings (SSSR count). The minimum Gasteiger partial charge on any atom is -0.496 e. The van der Waals surface area contributed by atoms with E-state index in [-0.39, 0.29) is 22.7 Å². The van der Waals surface area contributed by atoms with Crippen LogP contribution in [0.5, 0.6) is 11.5 Å². The first-order chi connectivity index (χ1) is 17.5. The van der Waals surface area contributed by atoms with Gasteiger partial charge in [0.15, 0.2) is 0 Å². The average Bonchev–Trinajstić information content (AvgIpc) is 2.92. The van der Waals surface area contributed by atoms with Gasteiger partial charge in [-0.25, -0.2) is 0 Å². The van der Waals surface area contributed by atoms with Gasteiger partial charge in [0.05, 0.1) is 23.5 Å². The first-order valence-electron chi connectivity index (χ1n) is 11.0. The number of hydrogen-bond acceptors (Lipinski definition) is 6. The number of nitriles is 1. The third kappa shape index (κ3) is 3.89. The molecule has 4 aromatic carbocycles. The molecule has 0 bridgehead atoms. The molecule has 8 nitrogen and oxygen atoms in total. The van der Waals surface area contributed by atoms with E-state index in [1.165, 1.54) is 19.2 Å². The molecule has 1 aliphatic heterocycles. The highest BCUT2D eigenvalue weighted by Gasteiger charge is 2.34. The maximum atomic E-state index is 13.2.